The number of hydrogen-bond acceptors (Lipinski definition) is 4. The molecule has 1 heterocycles. The number of benzene rings is 1. The maximum Gasteiger partial charge on any atom is 0.339 e. The molecule has 0 N–H and O–H groups in total. The van der Waals surface area contributed by atoms with Crippen molar-refractivity contribution in [2.24, 2.45) is 4.40 Å². The van der Waals surface area contributed by atoms with Gasteiger partial charge in [0.25, 0.3) is 0 Å². The third kappa shape index (κ3) is 3.01. The molecule has 0 unspecified atom stereocenters. The van der Waals surface area contributed by atoms with Gasteiger partial charge in [-0.1, -0.05) is 18.2 Å². The molecular weight excluding hydrogens is 246 g/mol. The Balaban J connectivity index is 2.36. The molecule has 94 valence electrons. The van der Waals surface area contributed by atoms with Crippen LogP contribution in [0.25, 0.3) is 5.57 Å². The maximum atomic E-state index is 12.2. The van der Waals surface area contributed by atoms with Gasteiger partial charge in [0, 0.05) is 28.6 Å². The van der Waals surface area contributed by atoms with E-state index in [1.165, 1.54) is 11.9 Å². The minimum absolute atomic E-state index is 0.316. The first-order valence-corrected chi connectivity index (χ1v) is 6.48. The van der Waals surface area contributed by atoms with Crippen molar-refractivity contribution in [1.29, 1.82) is 0 Å². The van der Waals surface area contributed by atoms with Gasteiger partial charge in [-0.15, -0.1) is 0 Å². The molecule has 4 heteroatoms. The number of nitrogens with zero attached hydrogens (tertiary/aromatic N) is 1. The highest BCUT2D eigenvalue weighted by molar-refractivity contribution is 7.98. The second-order valence-corrected chi connectivity index (χ2v) is 5.76. The zero-order valence-electron chi connectivity index (χ0n) is 10.6. The molecule has 0 atom stereocenters. The van der Waals surface area contributed by atoms with Crippen molar-refractivity contribution in [3.05, 3.63) is 35.9 Å². The SMILES string of the molecule is CC(C)(C)OC(=O)C1=CC=NSc2ccccc21. The van der Waals surface area contributed by atoms with Gasteiger partial charge >= 0.3 is 5.97 Å². The average Bonchev–Trinajstić information content (AvgIpc) is 2.48. The number of ether oxygens (including phenoxy) is 1. The summed E-state index contributed by atoms with van der Waals surface area (Å²) in [6, 6.07) is 7.69. The monoisotopic (exact) mass is 261 g/mol. The van der Waals surface area contributed by atoms with E-state index in [4.69, 9.17) is 4.74 Å². The average molecular weight is 261 g/mol. The Morgan fingerprint density at radius 2 is 2.00 bits per heavy atom. The van der Waals surface area contributed by atoms with Gasteiger partial charge in [-0.25, -0.2) is 9.19 Å². The number of fused-ring (bicyclic) bond motifs is 1. The summed E-state index contributed by atoms with van der Waals surface area (Å²) < 4.78 is 9.56. The van der Waals surface area contributed by atoms with Crippen molar-refractivity contribution < 1.29 is 9.53 Å². The third-order valence-corrected chi connectivity index (χ3v) is 3.03. The molecule has 0 fully saturated rings. The number of allylic oxidation sites excluding steroid dienone is 1. The van der Waals surface area contributed by atoms with E-state index in [0.29, 0.717) is 5.57 Å². The molecule has 1 aliphatic rings. The molecule has 1 aromatic carbocycles. The summed E-state index contributed by atoms with van der Waals surface area (Å²) in [4.78, 5) is 13.1. The first-order valence-electron chi connectivity index (χ1n) is 5.71. The number of rotatable bonds is 1. The lowest BCUT2D eigenvalue weighted by atomic mass is 10.1. The van der Waals surface area contributed by atoms with Gasteiger partial charge in [0.15, 0.2) is 0 Å². The zero-order valence-corrected chi connectivity index (χ0v) is 11.5. The van der Waals surface area contributed by atoms with Crippen molar-refractivity contribution in [3.63, 3.8) is 0 Å². The van der Waals surface area contributed by atoms with Gasteiger partial charge in [-0.3, -0.25) is 0 Å². The van der Waals surface area contributed by atoms with Crippen molar-refractivity contribution in [1.82, 2.24) is 0 Å². The molecule has 0 spiro atoms. The zero-order chi connectivity index (χ0) is 13.2. The molecule has 1 aliphatic heterocycles. The summed E-state index contributed by atoms with van der Waals surface area (Å²) in [7, 11) is 0. The lowest BCUT2D eigenvalue weighted by Crippen LogP contribution is -2.24. The molecule has 0 saturated carbocycles. The Labute approximate surface area is 111 Å². The smallest absolute Gasteiger partial charge is 0.339 e. The fourth-order valence-electron chi connectivity index (χ4n) is 1.56. The molecule has 0 aromatic heterocycles. The van der Waals surface area contributed by atoms with E-state index >= 15 is 0 Å². The quantitative estimate of drug-likeness (QED) is 0.573. The predicted molar refractivity (Wildman–Crippen MR) is 74.6 cm³/mol. The topological polar surface area (TPSA) is 38.7 Å². The van der Waals surface area contributed by atoms with Crippen LogP contribution in [0.5, 0.6) is 0 Å². The summed E-state index contributed by atoms with van der Waals surface area (Å²) in [6.45, 7) is 5.57. The number of hydrogen-bond donors (Lipinski definition) is 0. The van der Waals surface area contributed by atoms with Crippen molar-refractivity contribution in [2.45, 2.75) is 31.3 Å². The largest absolute Gasteiger partial charge is 0.456 e. The normalized spacial score (nSPS) is 14.5. The first-order chi connectivity index (χ1) is 8.47. The summed E-state index contributed by atoms with van der Waals surface area (Å²) in [5.41, 5.74) is 0.923. The minimum Gasteiger partial charge on any atom is -0.456 e. The Kier molecular flexibility index (Phi) is 3.57. The highest BCUT2D eigenvalue weighted by atomic mass is 32.2. The van der Waals surface area contributed by atoms with E-state index in [9.17, 15) is 4.79 Å². The van der Waals surface area contributed by atoms with Crippen LogP contribution in [0.2, 0.25) is 0 Å². The van der Waals surface area contributed by atoms with Crippen molar-refractivity contribution in [3.8, 4) is 0 Å². The van der Waals surface area contributed by atoms with Gasteiger partial charge in [-0.2, -0.15) is 0 Å². The summed E-state index contributed by atoms with van der Waals surface area (Å²) in [5, 5.41) is 0. The molecule has 3 nitrogen and oxygen atoms in total. The lowest BCUT2D eigenvalue weighted by Gasteiger charge is -2.20. The minimum atomic E-state index is -0.497. The van der Waals surface area contributed by atoms with Gasteiger partial charge in [0.2, 0.25) is 0 Å². The second kappa shape index (κ2) is 4.98. The van der Waals surface area contributed by atoms with E-state index in [1.807, 2.05) is 45.0 Å². The maximum absolute atomic E-state index is 12.2. The Hall–Kier alpha value is -1.55. The molecule has 0 saturated heterocycles. The number of carbonyl (C=O) groups excluding carboxylic acids is 1. The molecule has 0 aliphatic carbocycles. The highest BCUT2D eigenvalue weighted by Crippen LogP contribution is 2.31. The summed E-state index contributed by atoms with van der Waals surface area (Å²) >= 11 is 1.36. The Bertz CT molecular complexity index is 527. The summed E-state index contributed by atoms with van der Waals surface area (Å²) in [5.74, 6) is -0.316. The van der Waals surface area contributed by atoms with Gasteiger partial charge < -0.3 is 4.74 Å². The van der Waals surface area contributed by atoms with Crippen LogP contribution in [0.1, 0.15) is 26.3 Å². The second-order valence-electron chi connectivity index (χ2n) is 4.92. The van der Waals surface area contributed by atoms with Crippen LogP contribution in [-0.4, -0.2) is 17.8 Å². The van der Waals surface area contributed by atoms with Crippen LogP contribution in [0.15, 0.2) is 39.6 Å². The van der Waals surface area contributed by atoms with E-state index in [1.54, 1.807) is 12.3 Å². The molecule has 0 bridgehead atoms. The molecule has 18 heavy (non-hydrogen) atoms. The highest BCUT2D eigenvalue weighted by Gasteiger charge is 2.23. The van der Waals surface area contributed by atoms with Crippen LogP contribution in [-0.2, 0) is 9.53 Å². The first kappa shape index (κ1) is 12.9. The Morgan fingerprint density at radius 1 is 1.28 bits per heavy atom. The van der Waals surface area contributed by atoms with Crippen LogP contribution < -0.4 is 0 Å². The fraction of sp³-hybridized carbons (Fsp3) is 0.286. The molecular formula is C14H15NO2S. The molecule has 1 aromatic rings. The number of carbonyl (C=O) groups is 1. The van der Waals surface area contributed by atoms with E-state index in [2.05, 4.69) is 4.40 Å². The third-order valence-electron chi connectivity index (χ3n) is 2.25. The van der Waals surface area contributed by atoms with Crippen LogP contribution in [0.4, 0.5) is 0 Å². The summed E-state index contributed by atoms with van der Waals surface area (Å²) in [6.07, 6.45) is 3.33. The molecule has 0 radical (unpaired) electrons. The Morgan fingerprint density at radius 3 is 2.72 bits per heavy atom. The standard InChI is InChI=1S/C14H15NO2S/c1-14(2,3)17-13(16)11-8-9-15-18-12-7-5-4-6-10(11)12/h4-9H,1-3H3. The van der Waals surface area contributed by atoms with Crippen LogP contribution >= 0.6 is 11.9 Å². The predicted octanol–water partition coefficient (Wildman–Crippen LogP) is 3.50. The van der Waals surface area contributed by atoms with Crippen LogP contribution in [0.3, 0.4) is 0 Å². The van der Waals surface area contributed by atoms with Crippen molar-refractivity contribution >= 4 is 29.7 Å². The number of esters is 1. The fourth-order valence-corrected chi connectivity index (χ4v) is 2.21. The van der Waals surface area contributed by atoms with E-state index < -0.39 is 5.60 Å². The van der Waals surface area contributed by atoms with Gasteiger partial charge in [0.1, 0.15) is 5.60 Å². The van der Waals surface area contributed by atoms with Crippen LogP contribution in [0, 0.1) is 0 Å². The lowest BCUT2D eigenvalue weighted by molar-refractivity contribution is -0.147. The molecule has 2 rings (SSSR count). The van der Waals surface area contributed by atoms with Gasteiger partial charge in [-0.05, 0) is 32.9 Å². The van der Waals surface area contributed by atoms with E-state index in [-0.39, 0.29) is 5.97 Å². The molecule has 0 amide bonds. The van der Waals surface area contributed by atoms with Gasteiger partial charge in [0.05, 0.1) is 5.57 Å². The van der Waals surface area contributed by atoms with Crippen molar-refractivity contribution in [2.75, 3.05) is 0 Å². The van der Waals surface area contributed by atoms with E-state index in [0.717, 1.165) is 10.5 Å².